The van der Waals surface area contributed by atoms with Gasteiger partial charge in [-0.2, -0.15) is 0 Å². The summed E-state index contributed by atoms with van der Waals surface area (Å²) in [5.41, 5.74) is 0. The van der Waals surface area contributed by atoms with E-state index in [4.69, 9.17) is 0 Å². The average molecular weight is 113 g/mol. The van der Waals surface area contributed by atoms with Gasteiger partial charge in [0.25, 0.3) is 0 Å². The molecule has 0 bridgehead atoms. The average Bonchev–Trinajstić information content (AvgIpc) is 1.66. The summed E-state index contributed by atoms with van der Waals surface area (Å²) in [5.74, 6) is 0.654. The zero-order chi connectivity index (χ0) is 6.41. The minimum atomic E-state index is 0.654. The Balaban J connectivity index is 2.72. The molecule has 0 aliphatic rings. The molecular weight excluding hydrogens is 96.1 g/mol. The Bertz CT molecular complexity index is 37.3. The molecule has 0 heterocycles. The quantitative estimate of drug-likeness (QED) is 0.491. The Morgan fingerprint density at radius 1 is 1.38 bits per heavy atom. The Labute approximate surface area is 53.3 Å². The van der Waals surface area contributed by atoms with Crippen LogP contribution in [0.1, 0.15) is 39.5 Å². The summed E-state index contributed by atoms with van der Waals surface area (Å²) >= 11 is 0. The van der Waals surface area contributed by atoms with E-state index in [-0.39, 0.29) is 0 Å². The highest BCUT2D eigenvalue weighted by atomic mass is 14.0. The molecule has 1 radical (unpaired) electrons. The van der Waals surface area contributed by atoms with E-state index >= 15 is 0 Å². The van der Waals surface area contributed by atoms with E-state index in [1.807, 2.05) is 0 Å². The van der Waals surface area contributed by atoms with E-state index < -0.39 is 0 Å². The van der Waals surface area contributed by atoms with Crippen LogP contribution >= 0.6 is 0 Å². The molecule has 0 aliphatic heterocycles. The molecule has 0 saturated carbocycles. The SMILES string of the molecule is [CH2][C@H](C)CCCCC. The van der Waals surface area contributed by atoms with Crippen molar-refractivity contribution in [2.24, 2.45) is 5.92 Å². The number of unbranched alkanes of at least 4 members (excludes halogenated alkanes) is 2. The maximum atomic E-state index is 3.91. The Morgan fingerprint density at radius 2 is 2.00 bits per heavy atom. The van der Waals surface area contributed by atoms with Crippen molar-refractivity contribution < 1.29 is 0 Å². The summed E-state index contributed by atoms with van der Waals surface area (Å²) in [4.78, 5) is 0. The molecule has 0 saturated heterocycles. The van der Waals surface area contributed by atoms with E-state index in [0.717, 1.165) is 0 Å². The van der Waals surface area contributed by atoms with Gasteiger partial charge in [-0.05, 0) is 5.92 Å². The van der Waals surface area contributed by atoms with E-state index in [9.17, 15) is 0 Å². The third-order valence-electron chi connectivity index (χ3n) is 1.30. The van der Waals surface area contributed by atoms with Crippen molar-refractivity contribution in [3.63, 3.8) is 0 Å². The van der Waals surface area contributed by atoms with Crippen LogP contribution in [0.2, 0.25) is 0 Å². The van der Waals surface area contributed by atoms with Crippen molar-refractivity contribution in [2.75, 3.05) is 0 Å². The molecule has 0 unspecified atom stereocenters. The van der Waals surface area contributed by atoms with Crippen LogP contribution in [0.5, 0.6) is 0 Å². The maximum Gasteiger partial charge on any atom is -0.0443 e. The lowest BCUT2D eigenvalue weighted by molar-refractivity contribution is 0.573. The fourth-order valence-corrected chi connectivity index (χ4v) is 0.743. The second kappa shape index (κ2) is 5.14. The van der Waals surface area contributed by atoms with Crippen LogP contribution in [0, 0.1) is 12.8 Å². The minimum absolute atomic E-state index is 0.654. The van der Waals surface area contributed by atoms with Gasteiger partial charge in [0.2, 0.25) is 0 Å². The van der Waals surface area contributed by atoms with Gasteiger partial charge in [0, 0.05) is 0 Å². The fraction of sp³-hybridized carbons (Fsp3) is 0.875. The third-order valence-corrected chi connectivity index (χ3v) is 1.30. The lowest BCUT2D eigenvalue weighted by Gasteiger charge is -2.00. The molecule has 49 valence electrons. The maximum absolute atomic E-state index is 3.91. The molecule has 0 heteroatoms. The van der Waals surface area contributed by atoms with Crippen LogP contribution < -0.4 is 0 Å². The highest BCUT2D eigenvalue weighted by molar-refractivity contribution is 4.52. The first-order valence-corrected chi connectivity index (χ1v) is 3.60. The topological polar surface area (TPSA) is 0 Å². The highest BCUT2D eigenvalue weighted by Gasteiger charge is 1.90. The van der Waals surface area contributed by atoms with Gasteiger partial charge in [0.15, 0.2) is 0 Å². The fourth-order valence-electron chi connectivity index (χ4n) is 0.743. The summed E-state index contributed by atoms with van der Waals surface area (Å²) in [6, 6.07) is 0. The molecule has 0 aromatic heterocycles. The summed E-state index contributed by atoms with van der Waals surface area (Å²) in [5, 5.41) is 0. The normalized spacial score (nSPS) is 10.5. The van der Waals surface area contributed by atoms with E-state index in [2.05, 4.69) is 20.8 Å². The number of hydrogen-bond acceptors (Lipinski definition) is 0. The molecule has 0 aromatic rings. The van der Waals surface area contributed by atoms with Gasteiger partial charge < -0.3 is 0 Å². The zero-order valence-electron chi connectivity index (χ0n) is 6.11. The highest BCUT2D eigenvalue weighted by Crippen LogP contribution is 2.06. The van der Waals surface area contributed by atoms with Gasteiger partial charge in [-0.1, -0.05) is 46.5 Å². The lowest BCUT2D eigenvalue weighted by atomic mass is 10.1. The minimum Gasteiger partial charge on any atom is -0.0654 e. The van der Waals surface area contributed by atoms with Crippen molar-refractivity contribution in [3.05, 3.63) is 6.92 Å². The first kappa shape index (κ1) is 8.00. The number of hydrogen-bond donors (Lipinski definition) is 0. The first-order chi connectivity index (χ1) is 3.77. The van der Waals surface area contributed by atoms with E-state index in [1.165, 1.54) is 25.7 Å². The smallest absolute Gasteiger partial charge is 0.0443 e. The molecule has 8 heavy (non-hydrogen) atoms. The van der Waals surface area contributed by atoms with Crippen LogP contribution in [0.25, 0.3) is 0 Å². The predicted molar refractivity (Wildman–Crippen MR) is 38.7 cm³/mol. The molecule has 0 N–H and O–H groups in total. The van der Waals surface area contributed by atoms with Crippen LogP contribution in [0.3, 0.4) is 0 Å². The van der Waals surface area contributed by atoms with Crippen molar-refractivity contribution in [1.29, 1.82) is 0 Å². The van der Waals surface area contributed by atoms with Crippen LogP contribution in [-0.2, 0) is 0 Å². The van der Waals surface area contributed by atoms with Crippen molar-refractivity contribution >= 4 is 0 Å². The zero-order valence-corrected chi connectivity index (χ0v) is 6.11. The van der Waals surface area contributed by atoms with Crippen molar-refractivity contribution in [3.8, 4) is 0 Å². The van der Waals surface area contributed by atoms with Gasteiger partial charge >= 0.3 is 0 Å². The van der Waals surface area contributed by atoms with Crippen LogP contribution in [-0.4, -0.2) is 0 Å². The van der Waals surface area contributed by atoms with Crippen LogP contribution in [0.15, 0.2) is 0 Å². The second-order valence-corrected chi connectivity index (χ2v) is 2.60. The molecule has 0 rings (SSSR count). The van der Waals surface area contributed by atoms with Gasteiger partial charge in [-0.3, -0.25) is 0 Å². The largest absolute Gasteiger partial charge is 0.0654 e. The van der Waals surface area contributed by atoms with Crippen LogP contribution in [0.4, 0.5) is 0 Å². The molecule has 0 nitrogen and oxygen atoms in total. The Kier molecular flexibility index (Phi) is 5.14. The Morgan fingerprint density at radius 3 is 2.38 bits per heavy atom. The van der Waals surface area contributed by atoms with Gasteiger partial charge in [-0.25, -0.2) is 0 Å². The number of rotatable bonds is 4. The van der Waals surface area contributed by atoms with E-state index in [0.29, 0.717) is 5.92 Å². The molecule has 0 fully saturated rings. The molecule has 0 aromatic carbocycles. The van der Waals surface area contributed by atoms with Gasteiger partial charge in [0.05, 0.1) is 0 Å². The second-order valence-electron chi connectivity index (χ2n) is 2.60. The molecule has 1 atom stereocenters. The predicted octanol–water partition coefficient (Wildman–Crippen LogP) is 3.04. The Hall–Kier alpha value is 0. The van der Waals surface area contributed by atoms with Crippen molar-refractivity contribution in [1.82, 2.24) is 0 Å². The van der Waals surface area contributed by atoms with Gasteiger partial charge in [0.1, 0.15) is 0 Å². The summed E-state index contributed by atoms with van der Waals surface area (Å²) in [7, 11) is 0. The first-order valence-electron chi connectivity index (χ1n) is 3.60. The van der Waals surface area contributed by atoms with Gasteiger partial charge in [-0.15, -0.1) is 0 Å². The third kappa shape index (κ3) is 6.00. The van der Waals surface area contributed by atoms with Crippen molar-refractivity contribution in [2.45, 2.75) is 39.5 Å². The molecule has 0 aliphatic carbocycles. The summed E-state index contributed by atoms with van der Waals surface area (Å²) in [6.45, 7) is 8.32. The standard InChI is InChI=1S/C8H17/c1-4-5-6-7-8(2)3/h8H,2,4-7H2,1,3H3/t8-/m1/s1. The lowest BCUT2D eigenvalue weighted by Crippen LogP contribution is -1.85. The molecule has 0 amide bonds. The monoisotopic (exact) mass is 113 g/mol. The summed E-state index contributed by atoms with van der Waals surface area (Å²) in [6.07, 6.45) is 5.36. The summed E-state index contributed by atoms with van der Waals surface area (Å²) < 4.78 is 0. The molecule has 0 spiro atoms. The molecular formula is C8H17. The van der Waals surface area contributed by atoms with E-state index in [1.54, 1.807) is 0 Å².